The predicted octanol–water partition coefficient (Wildman–Crippen LogP) is 3.12. The first-order valence-corrected chi connectivity index (χ1v) is 6.57. The molecule has 1 N–H and O–H groups in total. The van der Waals surface area contributed by atoms with Crippen molar-refractivity contribution in [1.29, 1.82) is 0 Å². The van der Waals surface area contributed by atoms with Crippen molar-refractivity contribution in [3.05, 3.63) is 38.1 Å². The Morgan fingerprint density at radius 2 is 1.95 bits per heavy atom. The van der Waals surface area contributed by atoms with Gasteiger partial charge in [-0.15, -0.1) is 0 Å². The van der Waals surface area contributed by atoms with Gasteiger partial charge >= 0.3 is 5.69 Å². The summed E-state index contributed by atoms with van der Waals surface area (Å²) in [5, 5.41) is 18.0. The second-order valence-electron chi connectivity index (χ2n) is 4.64. The summed E-state index contributed by atoms with van der Waals surface area (Å²) < 4.78 is 5.10. The highest BCUT2D eigenvalue weighted by Crippen LogP contribution is 2.31. The smallest absolute Gasteiger partial charge is 0.332 e. The fourth-order valence-electron chi connectivity index (χ4n) is 2.24. The van der Waals surface area contributed by atoms with Crippen LogP contribution in [0.25, 0.3) is 0 Å². The number of rotatable bonds is 4. The number of hydrogen-bond acceptors (Lipinski definition) is 7. The van der Waals surface area contributed by atoms with E-state index in [-0.39, 0.29) is 28.5 Å². The minimum absolute atomic E-state index is 0.0495. The van der Waals surface area contributed by atoms with Gasteiger partial charge in [-0.3, -0.25) is 10.1 Å². The van der Waals surface area contributed by atoms with Gasteiger partial charge in [0.2, 0.25) is 11.1 Å². The molecule has 0 radical (unpaired) electrons. The van der Waals surface area contributed by atoms with E-state index in [9.17, 15) is 10.1 Å². The Balaban J connectivity index is 2.42. The second kappa shape index (κ2) is 5.65. The number of aryl methyl sites for hydroxylation is 3. The van der Waals surface area contributed by atoms with Crippen molar-refractivity contribution in [3.63, 3.8) is 0 Å². The standard InChI is InChI=1S/C12H14ClN5O3/c1-5(9-6(2)17-21-8(9)4)14-11-10(18(19)20)7(3)15-12(13)16-11/h5H,1-4H3,(H,14,15,16). The lowest BCUT2D eigenvalue weighted by Gasteiger charge is -2.15. The fourth-order valence-corrected chi connectivity index (χ4v) is 2.45. The normalized spacial score (nSPS) is 12.2. The summed E-state index contributed by atoms with van der Waals surface area (Å²) in [6.45, 7) is 6.93. The van der Waals surface area contributed by atoms with Gasteiger partial charge in [0.15, 0.2) is 0 Å². The molecule has 2 rings (SSSR count). The molecule has 0 aliphatic heterocycles. The zero-order chi connectivity index (χ0) is 15.7. The van der Waals surface area contributed by atoms with Gasteiger partial charge in [-0.1, -0.05) is 5.16 Å². The molecular weight excluding hydrogens is 298 g/mol. The Labute approximate surface area is 125 Å². The average Bonchev–Trinajstić information content (AvgIpc) is 2.67. The maximum Gasteiger partial charge on any atom is 0.332 e. The van der Waals surface area contributed by atoms with Crippen molar-refractivity contribution in [3.8, 4) is 0 Å². The van der Waals surface area contributed by atoms with Crippen LogP contribution in [0.15, 0.2) is 4.52 Å². The number of nitrogens with one attached hydrogen (secondary N) is 1. The summed E-state index contributed by atoms with van der Waals surface area (Å²) in [6, 6.07) is -0.277. The molecule has 2 aromatic rings. The van der Waals surface area contributed by atoms with Gasteiger partial charge in [0.25, 0.3) is 0 Å². The number of nitro groups is 1. The van der Waals surface area contributed by atoms with Crippen LogP contribution < -0.4 is 5.32 Å². The van der Waals surface area contributed by atoms with E-state index in [0.29, 0.717) is 11.5 Å². The van der Waals surface area contributed by atoms with Crippen LogP contribution in [0, 0.1) is 30.9 Å². The first-order chi connectivity index (χ1) is 9.81. The lowest BCUT2D eigenvalue weighted by molar-refractivity contribution is -0.385. The molecule has 1 unspecified atom stereocenters. The largest absolute Gasteiger partial charge is 0.361 e. The molecule has 2 aromatic heterocycles. The van der Waals surface area contributed by atoms with Crippen LogP contribution >= 0.6 is 11.6 Å². The third kappa shape index (κ3) is 2.94. The van der Waals surface area contributed by atoms with Gasteiger partial charge in [0.1, 0.15) is 11.5 Å². The van der Waals surface area contributed by atoms with Crippen molar-refractivity contribution in [1.82, 2.24) is 15.1 Å². The molecule has 0 amide bonds. The quantitative estimate of drug-likeness (QED) is 0.525. The van der Waals surface area contributed by atoms with Crippen LogP contribution in [-0.2, 0) is 0 Å². The summed E-state index contributed by atoms with van der Waals surface area (Å²) in [4.78, 5) is 18.4. The molecule has 1 atom stereocenters. The molecule has 0 aromatic carbocycles. The molecule has 9 heteroatoms. The molecular formula is C12H14ClN5O3. The van der Waals surface area contributed by atoms with Crippen LogP contribution in [-0.4, -0.2) is 20.0 Å². The van der Waals surface area contributed by atoms with Crippen molar-refractivity contribution in [2.45, 2.75) is 33.7 Å². The molecule has 112 valence electrons. The number of hydrogen-bond donors (Lipinski definition) is 1. The first kappa shape index (κ1) is 15.2. The van der Waals surface area contributed by atoms with Gasteiger partial charge in [-0.25, -0.2) is 4.98 Å². The lowest BCUT2D eigenvalue weighted by atomic mass is 10.1. The number of anilines is 1. The van der Waals surface area contributed by atoms with Crippen LogP contribution in [0.4, 0.5) is 11.5 Å². The number of aromatic nitrogens is 3. The van der Waals surface area contributed by atoms with Crippen molar-refractivity contribution >= 4 is 23.1 Å². The van der Waals surface area contributed by atoms with Crippen molar-refractivity contribution in [2.24, 2.45) is 0 Å². The minimum Gasteiger partial charge on any atom is -0.361 e. The molecule has 0 aliphatic carbocycles. The van der Waals surface area contributed by atoms with Gasteiger partial charge < -0.3 is 9.84 Å². The minimum atomic E-state index is -0.534. The highest BCUT2D eigenvalue weighted by Gasteiger charge is 2.25. The van der Waals surface area contributed by atoms with Crippen LogP contribution in [0.5, 0.6) is 0 Å². The Kier molecular flexibility index (Phi) is 4.08. The topological polar surface area (TPSA) is 107 Å². The van der Waals surface area contributed by atoms with E-state index in [4.69, 9.17) is 16.1 Å². The average molecular weight is 312 g/mol. The molecule has 8 nitrogen and oxygen atoms in total. The number of halogens is 1. The second-order valence-corrected chi connectivity index (χ2v) is 4.97. The van der Waals surface area contributed by atoms with Crippen molar-refractivity contribution in [2.75, 3.05) is 5.32 Å². The summed E-state index contributed by atoms with van der Waals surface area (Å²) in [5.74, 6) is 0.719. The Morgan fingerprint density at radius 3 is 2.48 bits per heavy atom. The summed E-state index contributed by atoms with van der Waals surface area (Å²) in [7, 11) is 0. The molecule has 0 spiro atoms. The van der Waals surface area contributed by atoms with Gasteiger partial charge in [-0.2, -0.15) is 4.98 Å². The fraction of sp³-hybridized carbons (Fsp3) is 0.417. The zero-order valence-electron chi connectivity index (χ0n) is 12.0. The monoisotopic (exact) mass is 311 g/mol. The van der Waals surface area contributed by atoms with Gasteiger partial charge in [-0.05, 0) is 39.3 Å². The first-order valence-electron chi connectivity index (χ1n) is 6.19. The number of nitrogens with zero attached hydrogens (tertiary/aromatic N) is 4. The Bertz CT molecular complexity index is 681. The Hall–Kier alpha value is -2.22. The molecule has 0 fully saturated rings. The van der Waals surface area contributed by atoms with E-state index in [0.717, 1.165) is 5.56 Å². The highest BCUT2D eigenvalue weighted by atomic mass is 35.5. The molecule has 0 bridgehead atoms. The van der Waals surface area contributed by atoms with E-state index in [1.807, 2.05) is 6.92 Å². The lowest BCUT2D eigenvalue weighted by Crippen LogP contribution is -2.12. The summed E-state index contributed by atoms with van der Waals surface area (Å²) in [5.41, 5.74) is 1.55. The molecule has 0 saturated heterocycles. The van der Waals surface area contributed by atoms with Crippen LogP contribution in [0.3, 0.4) is 0 Å². The molecule has 0 saturated carbocycles. The SMILES string of the molecule is Cc1noc(C)c1C(C)Nc1nc(Cl)nc(C)c1[N+](=O)[O-]. The van der Waals surface area contributed by atoms with Crippen LogP contribution in [0.1, 0.15) is 35.7 Å². The molecule has 21 heavy (non-hydrogen) atoms. The zero-order valence-corrected chi connectivity index (χ0v) is 12.7. The van der Waals surface area contributed by atoms with Crippen molar-refractivity contribution < 1.29 is 9.45 Å². The predicted molar refractivity (Wildman–Crippen MR) is 76.4 cm³/mol. The van der Waals surface area contributed by atoms with E-state index >= 15 is 0 Å². The Morgan fingerprint density at radius 1 is 1.29 bits per heavy atom. The third-order valence-corrected chi connectivity index (χ3v) is 3.26. The van der Waals surface area contributed by atoms with Crippen LogP contribution in [0.2, 0.25) is 5.28 Å². The van der Waals surface area contributed by atoms with E-state index in [1.54, 1.807) is 13.8 Å². The summed E-state index contributed by atoms with van der Waals surface area (Å²) >= 11 is 5.78. The maximum atomic E-state index is 11.2. The van der Waals surface area contributed by atoms with Gasteiger partial charge in [0.05, 0.1) is 16.7 Å². The maximum absolute atomic E-state index is 11.2. The van der Waals surface area contributed by atoms with Gasteiger partial charge in [0, 0.05) is 5.56 Å². The molecule has 0 aliphatic rings. The van der Waals surface area contributed by atoms with E-state index in [1.165, 1.54) is 6.92 Å². The summed E-state index contributed by atoms with van der Waals surface area (Å²) in [6.07, 6.45) is 0. The highest BCUT2D eigenvalue weighted by molar-refractivity contribution is 6.28. The third-order valence-electron chi connectivity index (χ3n) is 3.09. The van der Waals surface area contributed by atoms with E-state index in [2.05, 4.69) is 20.4 Å². The molecule has 2 heterocycles. The van der Waals surface area contributed by atoms with E-state index < -0.39 is 4.92 Å².